The lowest BCUT2D eigenvalue weighted by Crippen LogP contribution is -2.62. The van der Waals surface area contributed by atoms with Crippen LogP contribution in [0.4, 0.5) is 0 Å². The lowest BCUT2D eigenvalue weighted by Gasteiger charge is -2.29. The van der Waals surface area contributed by atoms with E-state index in [1.807, 2.05) is 0 Å². The maximum atomic E-state index is 14.2. The first-order valence-corrected chi connectivity index (χ1v) is 24.6. The number of nitrogens with two attached hydrogens (primary N) is 3. The molecule has 0 aromatic heterocycles. The van der Waals surface area contributed by atoms with E-state index in [-0.39, 0.29) is 50.5 Å². The predicted octanol–water partition coefficient (Wildman–Crippen LogP) is -3.52. The molecule has 11 atom stereocenters. The maximum Gasteiger partial charge on any atom is 0.245 e. The van der Waals surface area contributed by atoms with Crippen LogP contribution in [0, 0.1) is 11.8 Å². The summed E-state index contributed by atoms with van der Waals surface area (Å²) < 4.78 is 0. The van der Waals surface area contributed by atoms with Crippen LogP contribution in [0.15, 0.2) is 0 Å². The molecular weight excluding hydrogens is 929 g/mol. The molecule has 1 saturated heterocycles. The third kappa shape index (κ3) is 23.7. The van der Waals surface area contributed by atoms with E-state index in [9.17, 15) is 63.0 Å². The SMILES string of the molecule is CCCCCCCC[C@H]1NC(=O)[C@@H](CC(C)C)NC(=O)C(C(C)O)NC(=O)[C@@H](CC(C)C)NC(=O)[C@@H](CC(N)=O)NC(=O)[C@H](CC(N)=O)NC(=O)[C@H](C)NC(=O)C(C(C)O)NC(=O)[C@H](CCCN)NC1=O. The van der Waals surface area contributed by atoms with E-state index in [0.717, 1.165) is 25.7 Å². The van der Waals surface area contributed by atoms with Crippen molar-refractivity contribution in [3.05, 3.63) is 0 Å². The van der Waals surface area contributed by atoms with Gasteiger partial charge in [-0.1, -0.05) is 73.1 Å². The van der Waals surface area contributed by atoms with Gasteiger partial charge in [0.15, 0.2) is 0 Å². The number of carbonyl (C=O) groups is 11. The Hall–Kier alpha value is -5.95. The fourth-order valence-corrected chi connectivity index (χ4v) is 7.55. The minimum atomic E-state index is -1.82. The zero-order chi connectivity index (χ0) is 54.1. The monoisotopic (exact) mass is 1010 g/mol. The van der Waals surface area contributed by atoms with Crippen LogP contribution in [-0.2, 0) is 52.7 Å². The zero-order valence-electron chi connectivity index (χ0n) is 42.5. The van der Waals surface area contributed by atoms with Crippen LogP contribution >= 0.6 is 0 Å². The Morgan fingerprint density at radius 3 is 1.20 bits per heavy atom. The summed E-state index contributed by atoms with van der Waals surface area (Å²) in [5, 5.41) is 43.5. The molecule has 1 aliphatic heterocycles. The Labute approximate surface area is 415 Å². The van der Waals surface area contributed by atoms with Gasteiger partial charge in [0.05, 0.1) is 25.0 Å². The van der Waals surface area contributed by atoms with E-state index in [4.69, 9.17) is 17.2 Å². The molecular formula is C46H82N12O13. The van der Waals surface area contributed by atoms with E-state index in [1.54, 1.807) is 27.7 Å². The van der Waals surface area contributed by atoms with Crippen LogP contribution in [-0.4, -0.2) is 148 Å². The van der Waals surface area contributed by atoms with Crippen molar-refractivity contribution in [1.29, 1.82) is 0 Å². The van der Waals surface area contributed by atoms with Gasteiger partial charge in [0, 0.05) is 0 Å². The Kier molecular flexibility index (Phi) is 28.5. The molecule has 0 aromatic rings. The van der Waals surface area contributed by atoms with E-state index in [2.05, 4.69) is 54.8 Å². The second-order valence-electron chi connectivity index (χ2n) is 19.1. The van der Waals surface area contributed by atoms with Crippen molar-refractivity contribution in [1.82, 2.24) is 47.9 Å². The molecule has 0 aliphatic carbocycles. The standard InChI is InChI=1S/C46H82N12O13/c1-9-10-11-12-13-14-16-28-39(64)51-29(17-15-18-47)40(65)57-36(26(7)59)45(70)50-25(6)38(63)53-32(21-34(48)61)42(67)55-33(22-35(49)62)43(68)54-31(20-24(4)5)44(69)58-37(27(8)60)46(71)56-30(19-23(2)3)41(66)52-28/h23-33,36-37,59-60H,9-22,47H2,1-8H3,(H2,48,61)(H2,49,62)(H,50,70)(H,51,64)(H,52,66)(H,53,63)(H,54,68)(H,55,67)(H,56,71)(H,57,65)(H,58,69)/t25-,26?,27?,28+,29-,30+,31+,32-,33+,36?,37?/m0/s1. The van der Waals surface area contributed by atoms with Gasteiger partial charge in [-0.25, -0.2) is 0 Å². The molecule has 11 amide bonds. The van der Waals surface area contributed by atoms with Gasteiger partial charge in [-0.3, -0.25) is 52.7 Å². The number of aliphatic hydroxyl groups excluding tert-OH is 2. The lowest BCUT2D eigenvalue weighted by molar-refractivity contribution is -0.138. The molecule has 1 fully saturated rings. The maximum absolute atomic E-state index is 14.2. The molecule has 404 valence electrons. The number of primary amides is 2. The Bertz CT molecular complexity index is 1830. The normalized spacial score (nSPS) is 26.3. The molecule has 0 spiro atoms. The number of aliphatic hydroxyl groups is 2. The lowest BCUT2D eigenvalue weighted by atomic mass is 9.99. The zero-order valence-corrected chi connectivity index (χ0v) is 42.5. The molecule has 4 unspecified atom stereocenters. The highest BCUT2D eigenvalue weighted by Gasteiger charge is 2.38. The molecule has 1 heterocycles. The molecule has 1 rings (SSSR count). The highest BCUT2D eigenvalue weighted by molar-refractivity contribution is 6.00. The summed E-state index contributed by atoms with van der Waals surface area (Å²) in [6.07, 6.45) is 0.250. The molecule has 25 nitrogen and oxygen atoms in total. The average Bonchev–Trinajstić information content (AvgIpc) is 3.26. The van der Waals surface area contributed by atoms with Crippen LogP contribution in [0.5, 0.6) is 0 Å². The van der Waals surface area contributed by atoms with Crippen LogP contribution < -0.4 is 65.1 Å². The smallest absolute Gasteiger partial charge is 0.245 e. The van der Waals surface area contributed by atoms with Crippen LogP contribution in [0.1, 0.15) is 139 Å². The molecule has 0 saturated carbocycles. The first kappa shape index (κ1) is 63.1. The summed E-state index contributed by atoms with van der Waals surface area (Å²) in [4.78, 5) is 149. The number of rotatable bonds is 20. The average molecular weight is 1010 g/mol. The van der Waals surface area contributed by atoms with Gasteiger partial charge in [0.25, 0.3) is 0 Å². The number of unbranched alkanes of at least 4 members (excludes halogenated alkanes) is 5. The number of amides is 11. The summed E-state index contributed by atoms with van der Waals surface area (Å²) in [7, 11) is 0. The van der Waals surface area contributed by atoms with Gasteiger partial charge in [-0.2, -0.15) is 0 Å². The van der Waals surface area contributed by atoms with Crippen LogP contribution in [0.2, 0.25) is 0 Å². The minimum absolute atomic E-state index is 0.0206. The summed E-state index contributed by atoms with van der Waals surface area (Å²) in [5.41, 5.74) is 16.6. The largest absolute Gasteiger partial charge is 0.391 e. The third-order valence-corrected chi connectivity index (χ3v) is 11.4. The number of hydrogen-bond acceptors (Lipinski definition) is 14. The van der Waals surface area contributed by atoms with Gasteiger partial charge in [0.2, 0.25) is 65.0 Å². The fourth-order valence-electron chi connectivity index (χ4n) is 7.55. The molecule has 25 heteroatoms. The second-order valence-corrected chi connectivity index (χ2v) is 19.1. The van der Waals surface area contributed by atoms with Gasteiger partial charge in [0.1, 0.15) is 54.4 Å². The van der Waals surface area contributed by atoms with Crippen molar-refractivity contribution < 1.29 is 63.0 Å². The summed E-state index contributed by atoms with van der Waals surface area (Å²) in [6, 6.07) is -14.1. The van der Waals surface area contributed by atoms with Crippen LogP contribution in [0.25, 0.3) is 0 Å². The summed E-state index contributed by atoms with van der Waals surface area (Å²) in [5.74, 6) is -11.8. The van der Waals surface area contributed by atoms with Gasteiger partial charge < -0.3 is 75.3 Å². The van der Waals surface area contributed by atoms with Crippen molar-refractivity contribution in [2.45, 2.75) is 205 Å². The Morgan fingerprint density at radius 2 is 0.775 bits per heavy atom. The molecule has 0 bridgehead atoms. The number of nitrogens with one attached hydrogen (secondary N) is 9. The van der Waals surface area contributed by atoms with Crippen molar-refractivity contribution in [3.8, 4) is 0 Å². The summed E-state index contributed by atoms with van der Waals surface area (Å²) in [6.45, 7) is 12.6. The van der Waals surface area contributed by atoms with Crippen molar-refractivity contribution in [3.63, 3.8) is 0 Å². The molecule has 0 radical (unpaired) electrons. The summed E-state index contributed by atoms with van der Waals surface area (Å²) >= 11 is 0. The topological polar surface area (TPSA) is 415 Å². The first-order valence-electron chi connectivity index (χ1n) is 24.6. The van der Waals surface area contributed by atoms with Crippen molar-refractivity contribution in [2.75, 3.05) is 6.54 Å². The van der Waals surface area contributed by atoms with Crippen molar-refractivity contribution in [2.24, 2.45) is 29.0 Å². The van der Waals surface area contributed by atoms with E-state index in [0.29, 0.717) is 12.8 Å². The highest BCUT2D eigenvalue weighted by atomic mass is 16.3. The van der Waals surface area contributed by atoms with Crippen molar-refractivity contribution >= 4 is 65.0 Å². The molecule has 0 aromatic carbocycles. The van der Waals surface area contributed by atoms with E-state index < -0.39 is 144 Å². The van der Waals surface area contributed by atoms with E-state index >= 15 is 0 Å². The van der Waals surface area contributed by atoms with Gasteiger partial charge in [-0.15, -0.1) is 0 Å². The quantitative estimate of drug-likeness (QED) is 0.0526. The molecule has 71 heavy (non-hydrogen) atoms. The third-order valence-electron chi connectivity index (χ3n) is 11.4. The van der Waals surface area contributed by atoms with Gasteiger partial charge in [-0.05, 0) is 71.3 Å². The number of hydrogen-bond donors (Lipinski definition) is 14. The predicted molar refractivity (Wildman–Crippen MR) is 259 cm³/mol. The van der Waals surface area contributed by atoms with Crippen LogP contribution in [0.3, 0.4) is 0 Å². The molecule has 1 aliphatic rings. The fraction of sp³-hybridized carbons (Fsp3) is 0.761. The Morgan fingerprint density at radius 1 is 0.451 bits per heavy atom. The molecule has 17 N–H and O–H groups in total. The Balaban J connectivity index is 4.01. The minimum Gasteiger partial charge on any atom is -0.391 e. The first-order chi connectivity index (χ1) is 33.2. The number of carbonyl (C=O) groups excluding carboxylic acids is 11. The second kappa shape index (κ2) is 32.1. The van der Waals surface area contributed by atoms with Gasteiger partial charge >= 0.3 is 0 Å². The highest BCUT2D eigenvalue weighted by Crippen LogP contribution is 2.14. The van der Waals surface area contributed by atoms with E-state index in [1.165, 1.54) is 20.8 Å².